The van der Waals surface area contributed by atoms with E-state index in [0.717, 1.165) is 25.1 Å². The van der Waals surface area contributed by atoms with E-state index in [9.17, 15) is 10.1 Å². The van der Waals surface area contributed by atoms with Gasteiger partial charge < -0.3 is 5.73 Å². The smallest absolute Gasteiger partial charge is 0.269 e. The number of anilines is 1. The van der Waals surface area contributed by atoms with E-state index in [2.05, 4.69) is 16.3 Å². The van der Waals surface area contributed by atoms with Crippen LogP contribution in [0.3, 0.4) is 0 Å². The number of nitro benzene ring substituents is 1. The van der Waals surface area contributed by atoms with Crippen LogP contribution in [0.5, 0.6) is 0 Å². The third kappa shape index (κ3) is 2.52. The molecule has 0 bridgehead atoms. The standard InChI is InChI=1S/C14H15N3O2S/c15-13-2-1-12(17(18)19)7-11(13)9-16-5-3-14-10(8-16)4-6-20-14/h1-2,4,6-7H,3,5,8-9,15H2. The maximum Gasteiger partial charge on any atom is 0.269 e. The van der Waals surface area contributed by atoms with E-state index in [1.165, 1.54) is 16.5 Å². The number of hydrogen-bond donors (Lipinski definition) is 1. The monoisotopic (exact) mass is 289 g/mol. The molecule has 2 aromatic rings. The van der Waals surface area contributed by atoms with Gasteiger partial charge in [-0.05, 0) is 35.1 Å². The Morgan fingerprint density at radius 1 is 1.40 bits per heavy atom. The maximum absolute atomic E-state index is 10.8. The number of thiophene rings is 1. The first kappa shape index (κ1) is 13.1. The van der Waals surface area contributed by atoms with Gasteiger partial charge in [0.25, 0.3) is 5.69 Å². The number of nitrogens with zero attached hydrogens (tertiary/aromatic N) is 2. The van der Waals surface area contributed by atoms with Gasteiger partial charge in [-0.1, -0.05) is 0 Å². The van der Waals surface area contributed by atoms with Crippen LogP contribution in [0.25, 0.3) is 0 Å². The molecule has 2 heterocycles. The van der Waals surface area contributed by atoms with Crippen LogP contribution in [0.15, 0.2) is 29.6 Å². The summed E-state index contributed by atoms with van der Waals surface area (Å²) in [4.78, 5) is 14.2. The number of benzene rings is 1. The first-order valence-corrected chi connectivity index (χ1v) is 7.32. The predicted molar refractivity (Wildman–Crippen MR) is 79.6 cm³/mol. The topological polar surface area (TPSA) is 72.4 Å². The lowest BCUT2D eigenvalue weighted by Gasteiger charge is -2.27. The molecule has 3 rings (SSSR count). The molecule has 20 heavy (non-hydrogen) atoms. The van der Waals surface area contributed by atoms with Crippen molar-refractivity contribution in [2.45, 2.75) is 19.5 Å². The number of non-ortho nitro benzene ring substituents is 1. The van der Waals surface area contributed by atoms with Crippen molar-refractivity contribution < 1.29 is 4.92 Å². The lowest BCUT2D eigenvalue weighted by atomic mass is 10.1. The van der Waals surface area contributed by atoms with E-state index < -0.39 is 0 Å². The average molecular weight is 289 g/mol. The Morgan fingerprint density at radius 3 is 3.05 bits per heavy atom. The van der Waals surface area contributed by atoms with Crippen molar-refractivity contribution >= 4 is 22.7 Å². The molecular weight excluding hydrogens is 274 g/mol. The van der Waals surface area contributed by atoms with Gasteiger partial charge in [0.2, 0.25) is 0 Å². The molecule has 0 spiro atoms. The molecule has 1 aliphatic heterocycles. The van der Waals surface area contributed by atoms with Crippen molar-refractivity contribution in [3.8, 4) is 0 Å². The van der Waals surface area contributed by atoms with Gasteiger partial charge in [0.1, 0.15) is 0 Å². The molecule has 6 heteroatoms. The molecular formula is C14H15N3O2S. The van der Waals surface area contributed by atoms with E-state index in [1.807, 2.05) is 0 Å². The molecule has 104 valence electrons. The van der Waals surface area contributed by atoms with E-state index in [-0.39, 0.29) is 10.6 Å². The SMILES string of the molecule is Nc1ccc([N+](=O)[O-])cc1CN1CCc2sccc2C1. The molecule has 1 aromatic carbocycles. The zero-order chi connectivity index (χ0) is 14.1. The van der Waals surface area contributed by atoms with Crippen molar-refractivity contribution in [3.63, 3.8) is 0 Å². The number of rotatable bonds is 3. The minimum atomic E-state index is -0.379. The quantitative estimate of drug-likeness (QED) is 0.536. The molecule has 2 N–H and O–H groups in total. The summed E-state index contributed by atoms with van der Waals surface area (Å²) in [5.41, 5.74) is 8.85. The third-order valence-corrected chi connectivity index (χ3v) is 4.64. The number of nitrogens with two attached hydrogens (primary N) is 1. The highest BCUT2D eigenvalue weighted by Crippen LogP contribution is 2.27. The first-order valence-electron chi connectivity index (χ1n) is 6.44. The van der Waals surface area contributed by atoms with Gasteiger partial charge in [0, 0.05) is 42.3 Å². The minimum absolute atomic E-state index is 0.0995. The lowest BCUT2D eigenvalue weighted by Crippen LogP contribution is -2.29. The molecule has 0 saturated heterocycles. The summed E-state index contributed by atoms with van der Waals surface area (Å²) < 4.78 is 0. The van der Waals surface area contributed by atoms with E-state index >= 15 is 0 Å². The highest BCUT2D eigenvalue weighted by Gasteiger charge is 2.19. The number of fused-ring (bicyclic) bond motifs is 1. The zero-order valence-electron chi connectivity index (χ0n) is 10.9. The fraction of sp³-hybridized carbons (Fsp3) is 0.286. The van der Waals surface area contributed by atoms with Crippen molar-refractivity contribution in [2.75, 3.05) is 12.3 Å². The summed E-state index contributed by atoms with van der Waals surface area (Å²) in [6, 6.07) is 6.81. The second kappa shape index (κ2) is 5.22. The summed E-state index contributed by atoms with van der Waals surface area (Å²) in [5, 5.41) is 13.0. The van der Waals surface area contributed by atoms with Crippen LogP contribution in [0.2, 0.25) is 0 Å². The Bertz CT molecular complexity index is 654. The maximum atomic E-state index is 10.8. The van der Waals surface area contributed by atoms with Gasteiger partial charge in [-0.2, -0.15) is 0 Å². The van der Waals surface area contributed by atoms with Gasteiger partial charge >= 0.3 is 0 Å². The van der Waals surface area contributed by atoms with Crippen LogP contribution in [0, 0.1) is 10.1 Å². The van der Waals surface area contributed by atoms with Crippen molar-refractivity contribution in [3.05, 3.63) is 55.8 Å². The van der Waals surface area contributed by atoms with Gasteiger partial charge in [-0.15, -0.1) is 11.3 Å². The van der Waals surface area contributed by atoms with Gasteiger partial charge in [-0.25, -0.2) is 0 Å². The van der Waals surface area contributed by atoms with Gasteiger partial charge in [0.05, 0.1) is 4.92 Å². The molecule has 0 fully saturated rings. The zero-order valence-corrected chi connectivity index (χ0v) is 11.7. The molecule has 0 atom stereocenters. The largest absolute Gasteiger partial charge is 0.398 e. The Balaban J connectivity index is 1.78. The Labute approximate surface area is 120 Å². The second-order valence-electron chi connectivity index (χ2n) is 4.97. The number of hydrogen-bond acceptors (Lipinski definition) is 5. The Morgan fingerprint density at radius 2 is 2.25 bits per heavy atom. The van der Waals surface area contributed by atoms with Crippen LogP contribution in [-0.2, 0) is 19.5 Å². The fourth-order valence-electron chi connectivity index (χ4n) is 2.53. The van der Waals surface area contributed by atoms with Crippen LogP contribution in [-0.4, -0.2) is 16.4 Å². The van der Waals surface area contributed by atoms with Crippen molar-refractivity contribution in [1.29, 1.82) is 0 Å². The molecule has 1 aromatic heterocycles. The Kier molecular flexibility index (Phi) is 3.42. The van der Waals surface area contributed by atoms with Crippen molar-refractivity contribution in [1.82, 2.24) is 4.90 Å². The average Bonchev–Trinajstić information content (AvgIpc) is 2.88. The van der Waals surface area contributed by atoms with Crippen LogP contribution in [0.4, 0.5) is 11.4 Å². The molecule has 0 aliphatic carbocycles. The molecule has 1 aliphatic rings. The minimum Gasteiger partial charge on any atom is -0.398 e. The molecule has 0 saturated carbocycles. The second-order valence-corrected chi connectivity index (χ2v) is 5.97. The van der Waals surface area contributed by atoms with Crippen molar-refractivity contribution in [2.24, 2.45) is 0 Å². The lowest BCUT2D eigenvalue weighted by molar-refractivity contribution is -0.384. The normalized spacial score (nSPS) is 15.0. The summed E-state index contributed by atoms with van der Waals surface area (Å²) in [5.74, 6) is 0. The summed E-state index contributed by atoms with van der Waals surface area (Å²) >= 11 is 1.80. The first-order chi connectivity index (χ1) is 9.63. The molecule has 0 amide bonds. The summed E-state index contributed by atoms with van der Waals surface area (Å²) in [6.45, 7) is 2.51. The highest BCUT2D eigenvalue weighted by atomic mass is 32.1. The fourth-order valence-corrected chi connectivity index (χ4v) is 3.42. The highest BCUT2D eigenvalue weighted by molar-refractivity contribution is 7.10. The van der Waals surface area contributed by atoms with Gasteiger partial charge in [-0.3, -0.25) is 15.0 Å². The third-order valence-electron chi connectivity index (χ3n) is 3.62. The van der Waals surface area contributed by atoms with Crippen LogP contribution >= 0.6 is 11.3 Å². The predicted octanol–water partition coefficient (Wildman–Crippen LogP) is 2.80. The summed E-state index contributed by atoms with van der Waals surface area (Å²) in [6.07, 6.45) is 1.04. The molecule has 0 unspecified atom stereocenters. The van der Waals surface area contributed by atoms with Crippen LogP contribution in [0.1, 0.15) is 16.0 Å². The molecule has 0 radical (unpaired) electrons. The van der Waals surface area contributed by atoms with E-state index in [1.54, 1.807) is 23.5 Å². The summed E-state index contributed by atoms with van der Waals surface area (Å²) in [7, 11) is 0. The number of nitro groups is 1. The van der Waals surface area contributed by atoms with E-state index in [4.69, 9.17) is 5.73 Å². The Hall–Kier alpha value is -1.92. The van der Waals surface area contributed by atoms with Crippen LogP contribution < -0.4 is 5.73 Å². The number of nitrogen functional groups attached to an aromatic ring is 1. The van der Waals surface area contributed by atoms with E-state index in [0.29, 0.717) is 12.2 Å². The molecule has 5 nitrogen and oxygen atoms in total. The van der Waals surface area contributed by atoms with Gasteiger partial charge in [0.15, 0.2) is 0 Å².